The molecule has 1 aliphatic rings. The second kappa shape index (κ2) is 9.18. The summed E-state index contributed by atoms with van der Waals surface area (Å²) in [5.74, 6) is 1.09. The number of anilines is 1. The Hall–Kier alpha value is -2.73. The highest BCUT2D eigenvalue weighted by Gasteiger charge is 2.35. The number of hydrogen-bond acceptors (Lipinski definition) is 5. The summed E-state index contributed by atoms with van der Waals surface area (Å²) in [6.45, 7) is 7.08. The van der Waals surface area contributed by atoms with Crippen LogP contribution >= 0.6 is 0 Å². The van der Waals surface area contributed by atoms with Gasteiger partial charge in [0, 0.05) is 5.69 Å². The summed E-state index contributed by atoms with van der Waals surface area (Å²) >= 11 is 0. The molecule has 29 heavy (non-hydrogen) atoms. The molecule has 2 aromatic rings. The van der Waals surface area contributed by atoms with Crippen molar-refractivity contribution in [1.29, 1.82) is 0 Å². The normalized spacial score (nSPS) is 18.3. The summed E-state index contributed by atoms with van der Waals surface area (Å²) in [7, 11) is 3.24. The molecule has 0 aromatic heterocycles. The summed E-state index contributed by atoms with van der Waals surface area (Å²) in [6.07, 6.45) is 0.750. The van der Waals surface area contributed by atoms with Gasteiger partial charge < -0.3 is 25.4 Å². The fourth-order valence-electron chi connectivity index (χ4n) is 4.06. The molecule has 0 spiro atoms. The third-order valence-electron chi connectivity index (χ3n) is 5.75. The van der Waals surface area contributed by atoms with Crippen LogP contribution in [0.5, 0.6) is 11.5 Å². The molecule has 0 aliphatic carbocycles. The molecule has 2 aromatic carbocycles. The summed E-state index contributed by atoms with van der Waals surface area (Å²) < 4.78 is 11.1. The van der Waals surface area contributed by atoms with Gasteiger partial charge >= 0.3 is 0 Å². The van der Waals surface area contributed by atoms with Crippen LogP contribution in [-0.4, -0.2) is 44.7 Å². The van der Waals surface area contributed by atoms with Crippen molar-refractivity contribution < 1.29 is 14.3 Å². The number of rotatable bonds is 8. The summed E-state index contributed by atoms with van der Waals surface area (Å²) in [4.78, 5) is 15.5. The number of carbonyl (C=O) groups excluding carboxylic acids is 1. The molecule has 0 saturated heterocycles. The molecule has 0 bridgehead atoms. The minimum Gasteiger partial charge on any atom is -0.493 e. The average Bonchev–Trinajstić information content (AvgIpc) is 2.74. The molecule has 1 heterocycles. The van der Waals surface area contributed by atoms with Crippen LogP contribution in [0.15, 0.2) is 36.4 Å². The largest absolute Gasteiger partial charge is 0.493 e. The van der Waals surface area contributed by atoms with Crippen molar-refractivity contribution in [2.45, 2.75) is 32.2 Å². The van der Waals surface area contributed by atoms with E-state index in [-0.39, 0.29) is 17.9 Å². The Kier molecular flexibility index (Phi) is 6.64. The lowest BCUT2D eigenvalue weighted by atomic mass is 9.81. The number of methoxy groups -OCH3 is 2. The molecule has 1 aliphatic heterocycles. The standard InChI is InChI=1S/C23H31N3O3/c1-5-26(6-2)11-10-17-18-13-20(28-3)21(29-4)14-19(18)22(25-23(17)27)15-8-7-9-16(24)12-15/h7-9,12-14,17,22H,5-6,10-11,24H2,1-4H3,(H,25,27). The first-order chi connectivity index (χ1) is 14.0. The SMILES string of the molecule is CCN(CC)CCC1C(=O)NC(c2cccc(N)c2)c2cc(OC)c(OC)cc21. The molecule has 0 fully saturated rings. The van der Waals surface area contributed by atoms with Gasteiger partial charge in [0.1, 0.15) is 0 Å². The number of nitrogens with one attached hydrogen (secondary N) is 1. The monoisotopic (exact) mass is 397 g/mol. The number of hydrogen-bond donors (Lipinski definition) is 2. The molecule has 6 nitrogen and oxygen atoms in total. The van der Waals surface area contributed by atoms with Crippen molar-refractivity contribution in [2.75, 3.05) is 39.6 Å². The third-order valence-corrected chi connectivity index (χ3v) is 5.75. The lowest BCUT2D eigenvalue weighted by Crippen LogP contribution is -2.40. The average molecular weight is 398 g/mol. The Morgan fingerprint density at radius 3 is 2.28 bits per heavy atom. The first kappa shape index (κ1) is 21.0. The quantitative estimate of drug-likeness (QED) is 0.668. The van der Waals surface area contributed by atoms with E-state index in [2.05, 4.69) is 24.1 Å². The van der Waals surface area contributed by atoms with Crippen LogP contribution in [0.4, 0.5) is 5.69 Å². The molecular formula is C23H31N3O3. The van der Waals surface area contributed by atoms with E-state index in [1.54, 1.807) is 14.2 Å². The van der Waals surface area contributed by atoms with Gasteiger partial charge in [0.25, 0.3) is 0 Å². The molecule has 6 heteroatoms. The smallest absolute Gasteiger partial charge is 0.228 e. The van der Waals surface area contributed by atoms with Crippen LogP contribution in [0.2, 0.25) is 0 Å². The van der Waals surface area contributed by atoms with Crippen molar-refractivity contribution in [2.24, 2.45) is 0 Å². The number of fused-ring (bicyclic) bond motifs is 1. The number of amides is 1. The highest BCUT2D eigenvalue weighted by atomic mass is 16.5. The van der Waals surface area contributed by atoms with Crippen LogP contribution in [-0.2, 0) is 4.79 Å². The van der Waals surface area contributed by atoms with E-state index in [0.29, 0.717) is 17.2 Å². The lowest BCUT2D eigenvalue weighted by Gasteiger charge is -2.34. The number of carbonyl (C=O) groups is 1. The minimum atomic E-state index is -0.273. The fraction of sp³-hybridized carbons (Fsp3) is 0.435. The molecule has 0 saturated carbocycles. The van der Waals surface area contributed by atoms with Gasteiger partial charge in [-0.2, -0.15) is 0 Å². The predicted molar refractivity (Wildman–Crippen MR) is 116 cm³/mol. The number of nitrogen functional groups attached to an aromatic ring is 1. The van der Waals surface area contributed by atoms with Crippen molar-refractivity contribution in [3.8, 4) is 11.5 Å². The van der Waals surface area contributed by atoms with Gasteiger partial charge in [-0.25, -0.2) is 0 Å². The Labute approximate surface area is 173 Å². The third kappa shape index (κ3) is 4.32. The topological polar surface area (TPSA) is 76.8 Å². The highest BCUT2D eigenvalue weighted by Crippen LogP contribution is 2.42. The summed E-state index contributed by atoms with van der Waals surface area (Å²) in [5, 5.41) is 3.21. The van der Waals surface area contributed by atoms with Crippen LogP contribution in [0, 0.1) is 0 Å². The van der Waals surface area contributed by atoms with E-state index in [1.165, 1.54) is 0 Å². The van der Waals surface area contributed by atoms with E-state index in [1.807, 2.05) is 36.4 Å². The van der Waals surface area contributed by atoms with Gasteiger partial charge in [0.05, 0.1) is 26.2 Å². The minimum absolute atomic E-state index is 0.0318. The Morgan fingerprint density at radius 2 is 1.69 bits per heavy atom. The van der Waals surface area contributed by atoms with Crippen LogP contribution < -0.4 is 20.5 Å². The number of nitrogens with zero attached hydrogens (tertiary/aromatic N) is 1. The van der Waals surface area contributed by atoms with Crippen molar-refractivity contribution in [1.82, 2.24) is 10.2 Å². The zero-order valence-electron chi connectivity index (χ0n) is 17.7. The zero-order chi connectivity index (χ0) is 21.0. The molecule has 2 unspecified atom stereocenters. The van der Waals surface area contributed by atoms with Crippen molar-refractivity contribution >= 4 is 11.6 Å². The van der Waals surface area contributed by atoms with Crippen molar-refractivity contribution in [3.05, 3.63) is 53.1 Å². The summed E-state index contributed by atoms with van der Waals surface area (Å²) in [6, 6.07) is 11.3. The molecule has 2 atom stereocenters. The first-order valence-electron chi connectivity index (χ1n) is 10.2. The number of nitrogens with two attached hydrogens (primary N) is 1. The van der Waals surface area contributed by atoms with Gasteiger partial charge in [-0.1, -0.05) is 26.0 Å². The number of ether oxygens (including phenoxy) is 2. The van der Waals surface area contributed by atoms with Crippen LogP contribution in [0.25, 0.3) is 0 Å². The van der Waals surface area contributed by atoms with Crippen LogP contribution in [0.1, 0.15) is 48.9 Å². The van der Waals surface area contributed by atoms with E-state index < -0.39 is 0 Å². The van der Waals surface area contributed by atoms with Crippen LogP contribution in [0.3, 0.4) is 0 Å². The Morgan fingerprint density at radius 1 is 1.03 bits per heavy atom. The molecule has 1 amide bonds. The molecular weight excluding hydrogens is 366 g/mol. The molecule has 156 valence electrons. The van der Waals surface area contributed by atoms with Gasteiger partial charge in [0.15, 0.2) is 11.5 Å². The lowest BCUT2D eigenvalue weighted by molar-refractivity contribution is -0.124. The zero-order valence-corrected chi connectivity index (χ0v) is 17.7. The Bertz CT molecular complexity index is 864. The van der Waals surface area contributed by atoms with Gasteiger partial charge in [-0.15, -0.1) is 0 Å². The second-order valence-electron chi connectivity index (χ2n) is 7.32. The first-order valence-corrected chi connectivity index (χ1v) is 10.2. The fourth-order valence-corrected chi connectivity index (χ4v) is 4.06. The highest BCUT2D eigenvalue weighted by molar-refractivity contribution is 5.87. The summed E-state index contributed by atoms with van der Waals surface area (Å²) in [5.41, 5.74) is 9.64. The molecule has 3 rings (SSSR count). The molecule has 0 radical (unpaired) electrons. The van der Waals surface area contributed by atoms with Crippen molar-refractivity contribution in [3.63, 3.8) is 0 Å². The van der Waals surface area contributed by atoms with E-state index in [9.17, 15) is 4.79 Å². The van der Waals surface area contributed by atoms with E-state index in [0.717, 1.165) is 42.7 Å². The Balaban J connectivity index is 2.06. The predicted octanol–water partition coefficient (Wildman–Crippen LogP) is 3.32. The maximum atomic E-state index is 13.1. The second-order valence-corrected chi connectivity index (χ2v) is 7.32. The van der Waals surface area contributed by atoms with Gasteiger partial charge in [-0.05, 0) is 67.0 Å². The molecule has 3 N–H and O–H groups in total. The van der Waals surface area contributed by atoms with E-state index in [4.69, 9.17) is 15.2 Å². The maximum absolute atomic E-state index is 13.1. The van der Waals surface area contributed by atoms with Gasteiger partial charge in [0.2, 0.25) is 5.91 Å². The van der Waals surface area contributed by atoms with E-state index >= 15 is 0 Å². The van der Waals surface area contributed by atoms with Gasteiger partial charge in [-0.3, -0.25) is 4.79 Å². The maximum Gasteiger partial charge on any atom is 0.228 e. The number of benzene rings is 2.